The zero-order valence-electron chi connectivity index (χ0n) is 11.0. The van der Waals surface area contributed by atoms with E-state index in [4.69, 9.17) is 5.14 Å². The van der Waals surface area contributed by atoms with Gasteiger partial charge in [0.15, 0.2) is 0 Å². The molecule has 6 heteroatoms. The van der Waals surface area contributed by atoms with Crippen molar-refractivity contribution >= 4 is 20.9 Å². The van der Waals surface area contributed by atoms with Gasteiger partial charge in [-0.15, -0.1) is 0 Å². The standard InChI is InChI=1S/C15H13N3O2S/c16-21(19,20)15(11-5-2-1-3-6-11)14-9-13-12(10-18-14)7-4-8-17-13/h1-10,15H,(H2,16,19,20). The molecule has 3 rings (SSSR count). The molecule has 0 aliphatic rings. The minimum Gasteiger partial charge on any atom is -0.259 e. The maximum absolute atomic E-state index is 12.0. The second-order valence-electron chi connectivity index (χ2n) is 4.69. The molecule has 0 spiro atoms. The fourth-order valence-electron chi connectivity index (χ4n) is 2.28. The molecule has 2 heterocycles. The monoisotopic (exact) mass is 299 g/mol. The van der Waals surface area contributed by atoms with Crippen LogP contribution in [-0.2, 0) is 10.0 Å². The highest BCUT2D eigenvalue weighted by Crippen LogP contribution is 2.28. The van der Waals surface area contributed by atoms with Crippen LogP contribution in [-0.4, -0.2) is 18.4 Å². The number of aromatic nitrogens is 2. The van der Waals surface area contributed by atoms with Gasteiger partial charge in [-0.05, 0) is 23.8 Å². The average molecular weight is 299 g/mol. The first kappa shape index (κ1) is 13.7. The van der Waals surface area contributed by atoms with Gasteiger partial charge in [-0.1, -0.05) is 30.3 Å². The Morgan fingerprint density at radius 3 is 2.48 bits per heavy atom. The van der Waals surface area contributed by atoms with Gasteiger partial charge in [0.2, 0.25) is 10.0 Å². The first-order chi connectivity index (χ1) is 10.1. The number of hydrogen-bond donors (Lipinski definition) is 1. The Morgan fingerprint density at radius 1 is 1.00 bits per heavy atom. The molecule has 2 aromatic heterocycles. The van der Waals surface area contributed by atoms with Crippen molar-refractivity contribution in [3.63, 3.8) is 0 Å². The van der Waals surface area contributed by atoms with E-state index in [1.54, 1.807) is 48.8 Å². The highest BCUT2D eigenvalue weighted by molar-refractivity contribution is 7.89. The number of fused-ring (bicyclic) bond motifs is 1. The number of primary sulfonamides is 1. The lowest BCUT2D eigenvalue weighted by Crippen LogP contribution is -2.23. The number of rotatable bonds is 3. The van der Waals surface area contributed by atoms with Gasteiger partial charge in [0.25, 0.3) is 0 Å². The summed E-state index contributed by atoms with van der Waals surface area (Å²) in [5, 5.41) is 5.25. The van der Waals surface area contributed by atoms with Crippen molar-refractivity contribution in [2.75, 3.05) is 0 Å². The van der Waals surface area contributed by atoms with Crippen LogP contribution in [0.5, 0.6) is 0 Å². The Balaban J connectivity index is 2.20. The Hall–Kier alpha value is -2.31. The molecule has 0 fully saturated rings. The SMILES string of the molecule is NS(=O)(=O)C(c1ccccc1)c1cc2ncccc2cn1. The summed E-state index contributed by atoms with van der Waals surface area (Å²) >= 11 is 0. The molecule has 0 saturated carbocycles. The maximum atomic E-state index is 12.0. The minimum atomic E-state index is -3.83. The van der Waals surface area contributed by atoms with Crippen LogP contribution in [0.15, 0.2) is 60.9 Å². The van der Waals surface area contributed by atoms with Crippen LogP contribution in [0.3, 0.4) is 0 Å². The van der Waals surface area contributed by atoms with E-state index in [1.165, 1.54) is 0 Å². The molecular formula is C15H13N3O2S. The molecule has 0 radical (unpaired) electrons. The molecule has 0 saturated heterocycles. The molecule has 3 aromatic rings. The highest BCUT2D eigenvalue weighted by Gasteiger charge is 2.27. The van der Waals surface area contributed by atoms with Crippen LogP contribution < -0.4 is 5.14 Å². The van der Waals surface area contributed by atoms with Crippen molar-refractivity contribution in [3.05, 3.63) is 72.2 Å². The van der Waals surface area contributed by atoms with E-state index in [-0.39, 0.29) is 0 Å². The molecule has 5 nitrogen and oxygen atoms in total. The molecule has 0 bridgehead atoms. The summed E-state index contributed by atoms with van der Waals surface area (Å²) in [4.78, 5) is 8.48. The Kier molecular flexibility index (Phi) is 3.40. The van der Waals surface area contributed by atoms with Crippen molar-refractivity contribution in [1.29, 1.82) is 0 Å². The van der Waals surface area contributed by atoms with Crippen LogP contribution in [0.25, 0.3) is 10.9 Å². The van der Waals surface area contributed by atoms with Crippen molar-refractivity contribution in [3.8, 4) is 0 Å². The number of pyridine rings is 2. The molecule has 2 N–H and O–H groups in total. The fourth-order valence-corrected chi connectivity index (χ4v) is 3.28. The van der Waals surface area contributed by atoms with E-state index in [9.17, 15) is 8.42 Å². The van der Waals surface area contributed by atoms with Gasteiger partial charge in [0.1, 0.15) is 5.25 Å². The minimum absolute atomic E-state index is 0.370. The van der Waals surface area contributed by atoms with E-state index in [1.807, 2.05) is 12.1 Å². The van der Waals surface area contributed by atoms with E-state index >= 15 is 0 Å². The molecule has 0 aliphatic carbocycles. The fraction of sp³-hybridized carbons (Fsp3) is 0.0667. The Labute approximate surface area is 122 Å². The molecule has 106 valence electrons. The van der Waals surface area contributed by atoms with Crippen LogP contribution >= 0.6 is 0 Å². The third-order valence-electron chi connectivity index (χ3n) is 3.21. The van der Waals surface area contributed by atoms with Gasteiger partial charge in [-0.25, -0.2) is 13.6 Å². The number of nitrogens with zero attached hydrogens (tertiary/aromatic N) is 2. The summed E-state index contributed by atoms with van der Waals surface area (Å²) in [6, 6.07) is 14.1. The summed E-state index contributed by atoms with van der Waals surface area (Å²) in [5.74, 6) is 0. The normalized spacial score (nSPS) is 13.2. The molecular weight excluding hydrogens is 286 g/mol. The van der Waals surface area contributed by atoms with E-state index in [0.29, 0.717) is 16.8 Å². The third kappa shape index (κ3) is 2.76. The zero-order valence-corrected chi connectivity index (χ0v) is 11.9. The van der Waals surface area contributed by atoms with E-state index in [0.717, 1.165) is 5.39 Å². The number of nitrogens with two attached hydrogens (primary N) is 1. The smallest absolute Gasteiger partial charge is 0.221 e. The maximum Gasteiger partial charge on any atom is 0.221 e. The van der Waals surface area contributed by atoms with Gasteiger partial charge in [0.05, 0.1) is 11.2 Å². The molecule has 1 unspecified atom stereocenters. The van der Waals surface area contributed by atoms with E-state index < -0.39 is 15.3 Å². The van der Waals surface area contributed by atoms with Crippen molar-refractivity contribution in [2.45, 2.75) is 5.25 Å². The van der Waals surface area contributed by atoms with Crippen molar-refractivity contribution in [1.82, 2.24) is 9.97 Å². The molecule has 0 aliphatic heterocycles. The van der Waals surface area contributed by atoms with Crippen LogP contribution in [0.4, 0.5) is 0 Å². The van der Waals surface area contributed by atoms with Gasteiger partial charge in [-0.3, -0.25) is 9.97 Å². The predicted octanol–water partition coefficient (Wildman–Crippen LogP) is 2.01. The van der Waals surface area contributed by atoms with Crippen molar-refractivity contribution in [2.24, 2.45) is 5.14 Å². The largest absolute Gasteiger partial charge is 0.259 e. The summed E-state index contributed by atoms with van der Waals surface area (Å²) < 4.78 is 24.0. The van der Waals surface area contributed by atoms with Crippen LogP contribution in [0.1, 0.15) is 16.5 Å². The van der Waals surface area contributed by atoms with Gasteiger partial charge < -0.3 is 0 Å². The summed E-state index contributed by atoms with van der Waals surface area (Å²) in [6.07, 6.45) is 3.26. The topological polar surface area (TPSA) is 85.9 Å². The summed E-state index contributed by atoms with van der Waals surface area (Å²) in [6.45, 7) is 0. The first-order valence-electron chi connectivity index (χ1n) is 6.33. The Morgan fingerprint density at radius 2 is 1.76 bits per heavy atom. The lowest BCUT2D eigenvalue weighted by atomic mass is 10.1. The lowest BCUT2D eigenvalue weighted by Gasteiger charge is -2.15. The first-order valence-corrected chi connectivity index (χ1v) is 7.94. The van der Waals surface area contributed by atoms with Gasteiger partial charge >= 0.3 is 0 Å². The molecule has 1 aromatic carbocycles. The van der Waals surface area contributed by atoms with Crippen molar-refractivity contribution < 1.29 is 8.42 Å². The Bertz CT molecular complexity index is 880. The molecule has 21 heavy (non-hydrogen) atoms. The van der Waals surface area contributed by atoms with Crippen LogP contribution in [0, 0.1) is 0 Å². The lowest BCUT2D eigenvalue weighted by molar-refractivity contribution is 0.590. The average Bonchev–Trinajstić information content (AvgIpc) is 2.47. The molecule has 0 amide bonds. The number of hydrogen-bond acceptors (Lipinski definition) is 4. The van der Waals surface area contributed by atoms with E-state index in [2.05, 4.69) is 9.97 Å². The predicted molar refractivity (Wildman–Crippen MR) is 80.9 cm³/mol. The number of benzene rings is 1. The quantitative estimate of drug-likeness (QED) is 0.801. The summed E-state index contributed by atoms with van der Waals surface area (Å²) in [5.41, 5.74) is 1.64. The van der Waals surface area contributed by atoms with Gasteiger partial charge in [0, 0.05) is 17.8 Å². The second-order valence-corrected chi connectivity index (χ2v) is 6.33. The second kappa shape index (κ2) is 5.23. The van der Waals surface area contributed by atoms with Gasteiger partial charge in [-0.2, -0.15) is 0 Å². The highest BCUT2D eigenvalue weighted by atomic mass is 32.2. The van der Waals surface area contributed by atoms with Crippen LogP contribution in [0.2, 0.25) is 0 Å². The molecule has 1 atom stereocenters. The number of sulfonamides is 1. The summed E-state index contributed by atoms with van der Waals surface area (Å²) in [7, 11) is -3.83. The zero-order chi connectivity index (χ0) is 14.9. The third-order valence-corrected chi connectivity index (χ3v) is 4.38.